The van der Waals surface area contributed by atoms with Gasteiger partial charge in [0.1, 0.15) is 0 Å². The molecule has 94 valence electrons. The van der Waals surface area contributed by atoms with Crippen molar-refractivity contribution in [2.45, 2.75) is 20.8 Å². The number of hydrogen-bond donors (Lipinski definition) is 1. The third-order valence-corrected chi connectivity index (χ3v) is 3.09. The van der Waals surface area contributed by atoms with Crippen LogP contribution in [0.5, 0.6) is 0 Å². The maximum atomic E-state index is 11.1. The number of rotatable bonds is 7. The Bertz CT molecular complexity index is 348. The molecule has 0 aliphatic heterocycles. The summed E-state index contributed by atoms with van der Waals surface area (Å²) >= 11 is 0. The van der Waals surface area contributed by atoms with Gasteiger partial charge in [-0.2, -0.15) is 8.42 Å². The molecular weight excluding hydrogens is 230 g/mol. The van der Waals surface area contributed by atoms with Crippen molar-refractivity contribution in [1.82, 2.24) is 5.32 Å². The maximum Gasteiger partial charge on any atom is 0.267 e. The quantitative estimate of drug-likeness (QED) is 0.532. The lowest BCUT2D eigenvalue weighted by Crippen LogP contribution is -2.30. The van der Waals surface area contributed by atoms with Gasteiger partial charge >= 0.3 is 0 Å². The molecule has 0 saturated heterocycles. The Balaban J connectivity index is 3.88. The highest BCUT2D eigenvalue weighted by molar-refractivity contribution is 7.86. The topological polar surface area (TPSA) is 72.5 Å². The Morgan fingerprint density at radius 2 is 2.06 bits per heavy atom. The van der Waals surface area contributed by atoms with Gasteiger partial charge in [0.15, 0.2) is 0 Å². The minimum atomic E-state index is -3.40. The molecule has 0 saturated carbocycles. The molecule has 0 aromatic carbocycles. The summed E-state index contributed by atoms with van der Waals surface area (Å²) in [6.45, 7) is 8.86. The van der Waals surface area contributed by atoms with Crippen molar-refractivity contribution >= 4 is 16.0 Å². The van der Waals surface area contributed by atoms with E-state index in [2.05, 4.69) is 11.9 Å². The minimum absolute atomic E-state index is 0.0438. The van der Waals surface area contributed by atoms with E-state index in [0.29, 0.717) is 12.1 Å². The van der Waals surface area contributed by atoms with Gasteiger partial charge in [-0.3, -0.25) is 8.98 Å². The zero-order chi connectivity index (χ0) is 12.8. The van der Waals surface area contributed by atoms with E-state index in [1.54, 1.807) is 13.8 Å². The first-order valence-electron chi connectivity index (χ1n) is 5.09. The Kier molecular flexibility index (Phi) is 6.28. The largest absolute Gasteiger partial charge is 0.352 e. The Morgan fingerprint density at radius 1 is 1.50 bits per heavy atom. The summed E-state index contributed by atoms with van der Waals surface area (Å²) in [5, 5.41) is 2.62. The predicted molar refractivity (Wildman–Crippen MR) is 62.4 cm³/mol. The zero-order valence-electron chi connectivity index (χ0n) is 9.95. The summed E-state index contributed by atoms with van der Waals surface area (Å²) in [5.74, 6) is -0.340. The summed E-state index contributed by atoms with van der Waals surface area (Å²) in [7, 11) is -3.40. The molecule has 0 aromatic heterocycles. The van der Waals surface area contributed by atoms with Gasteiger partial charge in [-0.25, -0.2) is 0 Å². The minimum Gasteiger partial charge on any atom is -0.352 e. The molecule has 0 radical (unpaired) electrons. The molecule has 1 unspecified atom stereocenters. The number of hydrogen-bond acceptors (Lipinski definition) is 4. The number of nitrogens with one attached hydrogen (secondary N) is 1. The van der Waals surface area contributed by atoms with E-state index in [1.807, 2.05) is 0 Å². The lowest BCUT2D eigenvalue weighted by atomic mass is 10.2. The molecular formula is C10H19NO4S. The van der Waals surface area contributed by atoms with Gasteiger partial charge in [-0.1, -0.05) is 13.5 Å². The highest BCUT2D eigenvalue weighted by atomic mass is 32.2. The van der Waals surface area contributed by atoms with E-state index in [1.165, 1.54) is 6.92 Å². The van der Waals surface area contributed by atoms with E-state index < -0.39 is 10.1 Å². The van der Waals surface area contributed by atoms with E-state index >= 15 is 0 Å². The van der Waals surface area contributed by atoms with Crippen LogP contribution >= 0.6 is 0 Å². The number of carbonyl (C=O) groups excluding carboxylic acids is 1. The van der Waals surface area contributed by atoms with Gasteiger partial charge in [0, 0.05) is 12.1 Å². The number of carbonyl (C=O) groups is 1. The van der Waals surface area contributed by atoms with E-state index in [-0.39, 0.29) is 24.2 Å². The normalized spacial score (nSPS) is 13.2. The summed E-state index contributed by atoms with van der Waals surface area (Å²) in [6, 6.07) is 0. The van der Waals surface area contributed by atoms with Crippen LogP contribution < -0.4 is 5.32 Å². The van der Waals surface area contributed by atoms with Crippen LogP contribution in [0.25, 0.3) is 0 Å². The average molecular weight is 249 g/mol. The molecule has 1 N–H and O–H groups in total. The second-order valence-electron chi connectivity index (χ2n) is 3.73. The lowest BCUT2D eigenvalue weighted by molar-refractivity contribution is -0.117. The Hall–Kier alpha value is -0.880. The highest BCUT2D eigenvalue weighted by Crippen LogP contribution is 2.00. The SMILES string of the molecule is C=C(C)C(=O)NCC(C)COS(=O)(=O)CC. The van der Waals surface area contributed by atoms with Crippen LogP contribution in [0, 0.1) is 5.92 Å². The third-order valence-electron chi connectivity index (χ3n) is 1.88. The molecule has 6 heteroatoms. The van der Waals surface area contributed by atoms with E-state index in [0.717, 1.165) is 0 Å². The van der Waals surface area contributed by atoms with Crippen LogP contribution in [-0.2, 0) is 19.1 Å². The molecule has 1 atom stereocenters. The summed E-state index contributed by atoms with van der Waals surface area (Å²) in [4.78, 5) is 11.1. The lowest BCUT2D eigenvalue weighted by Gasteiger charge is -2.12. The van der Waals surface area contributed by atoms with Gasteiger partial charge in [0.25, 0.3) is 10.1 Å². The molecule has 0 heterocycles. The first kappa shape index (κ1) is 15.1. The fraction of sp³-hybridized carbons (Fsp3) is 0.700. The van der Waals surface area contributed by atoms with Gasteiger partial charge in [0.05, 0.1) is 12.4 Å². The molecule has 0 rings (SSSR count). The summed E-state index contributed by atoms with van der Waals surface area (Å²) < 4.78 is 26.8. The van der Waals surface area contributed by atoms with Gasteiger partial charge in [-0.05, 0) is 19.8 Å². The number of amides is 1. The second-order valence-corrected chi connectivity index (χ2v) is 5.65. The fourth-order valence-electron chi connectivity index (χ4n) is 0.780. The van der Waals surface area contributed by atoms with Crippen LogP contribution in [0.15, 0.2) is 12.2 Å². The average Bonchev–Trinajstić information content (AvgIpc) is 2.23. The van der Waals surface area contributed by atoms with Gasteiger partial charge < -0.3 is 5.32 Å². The van der Waals surface area contributed by atoms with Gasteiger partial charge in [0.2, 0.25) is 5.91 Å². The van der Waals surface area contributed by atoms with Crippen molar-refractivity contribution in [3.05, 3.63) is 12.2 Å². The summed E-state index contributed by atoms with van der Waals surface area (Å²) in [5.41, 5.74) is 0.425. The maximum absolute atomic E-state index is 11.1. The zero-order valence-corrected chi connectivity index (χ0v) is 10.8. The van der Waals surface area contributed by atoms with Crippen molar-refractivity contribution in [2.75, 3.05) is 18.9 Å². The van der Waals surface area contributed by atoms with Crippen LogP contribution in [0.1, 0.15) is 20.8 Å². The molecule has 0 aromatic rings. The molecule has 0 fully saturated rings. The van der Waals surface area contributed by atoms with Crippen molar-refractivity contribution in [1.29, 1.82) is 0 Å². The predicted octanol–water partition coefficient (Wildman–Crippen LogP) is 0.681. The first-order chi connectivity index (χ1) is 7.28. The van der Waals surface area contributed by atoms with Crippen LogP contribution in [-0.4, -0.2) is 33.2 Å². The third kappa shape index (κ3) is 6.58. The fourth-order valence-corrected chi connectivity index (χ4v) is 1.39. The van der Waals surface area contributed by atoms with Crippen molar-refractivity contribution < 1.29 is 17.4 Å². The van der Waals surface area contributed by atoms with E-state index in [9.17, 15) is 13.2 Å². The monoisotopic (exact) mass is 249 g/mol. The van der Waals surface area contributed by atoms with Crippen molar-refractivity contribution in [3.63, 3.8) is 0 Å². The standard InChI is InChI=1S/C10H19NO4S/c1-5-16(13,14)15-7-9(4)6-11-10(12)8(2)3/h9H,2,5-7H2,1,3-4H3,(H,11,12). The van der Waals surface area contributed by atoms with Crippen molar-refractivity contribution in [2.24, 2.45) is 5.92 Å². The molecule has 5 nitrogen and oxygen atoms in total. The first-order valence-corrected chi connectivity index (χ1v) is 6.67. The molecule has 16 heavy (non-hydrogen) atoms. The van der Waals surface area contributed by atoms with Gasteiger partial charge in [-0.15, -0.1) is 0 Å². The molecule has 0 aliphatic rings. The highest BCUT2D eigenvalue weighted by Gasteiger charge is 2.11. The Morgan fingerprint density at radius 3 is 2.50 bits per heavy atom. The molecule has 1 amide bonds. The van der Waals surface area contributed by atoms with Crippen LogP contribution in [0.3, 0.4) is 0 Å². The van der Waals surface area contributed by atoms with Crippen LogP contribution in [0.2, 0.25) is 0 Å². The molecule has 0 spiro atoms. The summed E-state index contributed by atoms with van der Waals surface area (Å²) in [6.07, 6.45) is 0. The molecule has 0 bridgehead atoms. The molecule has 0 aliphatic carbocycles. The van der Waals surface area contributed by atoms with Crippen molar-refractivity contribution in [3.8, 4) is 0 Å². The Labute approximate surface area is 97.0 Å². The second kappa shape index (κ2) is 6.65. The van der Waals surface area contributed by atoms with Crippen LogP contribution in [0.4, 0.5) is 0 Å². The smallest absolute Gasteiger partial charge is 0.267 e. The van der Waals surface area contributed by atoms with E-state index in [4.69, 9.17) is 4.18 Å².